The van der Waals surface area contributed by atoms with E-state index in [1.54, 1.807) is 23.1 Å². The zero-order valence-electron chi connectivity index (χ0n) is 17.6. The summed E-state index contributed by atoms with van der Waals surface area (Å²) in [5.74, 6) is 2.04. The number of ether oxygens (including phenoxy) is 2. The highest BCUT2D eigenvalue weighted by Crippen LogP contribution is 2.36. The number of likely N-dealkylation sites (tertiary alicyclic amines) is 1. The van der Waals surface area contributed by atoms with Crippen LogP contribution in [0.3, 0.4) is 0 Å². The largest absolute Gasteiger partial charge is 0.495 e. The highest BCUT2D eigenvalue weighted by Gasteiger charge is 2.28. The predicted molar refractivity (Wildman–Crippen MR) is 122 cm³/mol. The molecule has 0 saturated carbocycles. The van der Waals surface area contributed by atoms with Crippen LogP contribution in [0, 0.1) is 0 Å². The first-order valence-electron chi connectivity index (χ1n) is 10.1. The Morgan fingerprint density at radius 2 is 1.81 bits per heavy atom. The Morgan fingerprint density at radius 1 is 1.09 bits per heavy atom. The predicted octanol–water partition coefficient (Wildman–Crippen LogP) is 5.47. The number of aromatic nitrogens is 2. The van der Waals surface area contributed by atoms with Crippen LogP contribution in [-0.2, 0) is 0 Å². The molecule has 2 aromatic carbocycles. The molecule has 1 fully saturated rings. The Labute approximate surface area is 195 Å². The quantitative estimate of drug-likeness (QED) is 0.524. The van der Waals surface area contributed by atoms with Crippen LogP contribution in [0.1, 0.15) is 24.7 Å². The van der Waals surface area contributed by atoms with Gasteiger partial charge in [-0.3, -0.25) is 0 Å². The van der Waals surface area contributed by atoms with Gasteiger partial charge in [0.05, 0.1) is 30.0 Å². The maximum Gasteiger partial charge on any atom is 0.321 e. The first-order valence-corrected chi connectivity index (χ1v) is 10.8. The van der Waals surface area contributed by atoms with Crippen molar-refractivity contribution in [3.8, 4) is 22.9 Å². The van der Waals surface area contributed by atoms with Crippen molar-refractivity contribution in [3.05, 3.63) is 52.3 Å². The minimum atomic E-state index is -0.231. The van der Waals surface area contributed by atoms with E-state index in [2.05, 4.69) is 15.5 Å². The molecular weight excluding hydrogens is 455 g/mol. The van der Waals surface area contributed by atoms with E-state index < -0.39 is 0 Å². The third-order valence-corrected chi connectivity index (χ3v) is 6.03. The van der Waals surface area contributed by atoms with E-state index in [1.165, 1.54) is 14.2 Å². The van der Waals surface area contributed by atoms with Gasteiger partial charge in [0.25, 0.3) is 0 Å². The molecular formula is C22H22Cl2N4O4. The number of anilines is 1. The van der Waals surface area contributed by atoms with Gasteiger partial charge in [0.2, 0.25) is 11.7 Å². The van der Waals surface area contributed by atoms with Crippen molar-refractivity contribution in [2.75, 3.05) is 32.6 Å². The van der Waals surface area contributed by atoms with Crippen molar-refractivity contribution in [2.24, 2.45) is 0 Å². The molecule has 168 valence electrons. The van der Waals surface area contributed by atoms with Crippen molar-refractivity contribution in [3.63, 3.8) is 0 Å². The number of carbonyl (C=O) groups excluding carboxylic acids is 1. The van der Waals surface area contributed by atoms with Crippen LogP contribution < -0.4 is 14.8 Å². The lowest BCUT2D eigenvalue weighted by atomic mass is 9.97. The van der Waals surface area contributed by atoms with E-state index >= 15 is 0 Å². The van der Waals surface area contributed by atoms with Gasteiger partial charge in [0.1, 0.15) is 11.5 Å². The lowest BCUT2D eigenvalue weighted by Crippen LogP contribution is -2.40. The third kappa shape index (κ3) is 4.61. The molecule has 2 heterocycles. The van der Waals surface area contributed by atoms with E-state index in [9.17, 15) is 4.79 Å². The first kappa shape index (κ1) is 22.2. The van der Waals surface area contributed by atoms with Crippen LogP contribution in [-0.4, -0.2) is 48.4 Å². The van der Waals surface area contributed by atoms with Gasteiger partial charge in [-0.2, -0.15) is 4.98 Å². The van der Waals surface area contributed by atoms with Crippen LogP contribution in [0.5, 0.6) is 11.5 Å². The topological polar surface area (TPSA) is 89.7 Å². The molecule has 8 nitrogen and oxygen atoms in total. The number of urea groups is 1. The molecule has 2 amide bonds. The Kier molecular flexibility index (Phi) is 6.72. The van der Waals surface area contributed by atoms with Crippen LogP contribution in [0.15, 0.2) is 40.9 Å². The molecule has 1 aliphatic rings. The second-order valence-electron chi connectivity index (χ2n) is 7.31. The van der Waals surface area contributed by atoms with Crippen molar-refractivity contribution < 1.29 is 18.8 Å². The Hall–Kier alpha value is -2.97. The van der Waals surface area contributed by atoms with E-state index in [4.69, 9.17) is 37.2 Å². The highest BCUT2D eigenvalue weighted by molar-refractivity contribution is 6.33. The minimum Gasteiger partial charge on any atom is -0.495 e. The normalized spacial score (nSPS) is 14.3. The second kappa shape index (κ2) is 9.67. The Balaban J connectivity index is 1.39. The van der Waals surface area contributed by atoms with E-state index in [1.807, 2.05) is 18.2 Å². The standard InChI is InChI=1S/C22H22Cl2N4O4/c1-30-18-12-19(31-2)17(11-16(18)24)25-22(29)28-9-7-13(8-10-28)21-26-20(27-32-21)14-5-3-4-6-15(14)23/h3-6,11-13H,7-10H2,1-2H3,(H,25,29). The molecule has 0 bridgehead atoms. The molecule has 32 heavy (non-hydrogen) atoms. The van der Waals surface area contributed by atoms with Gasteiger partial charge in [-0.15, -0.1) is 0 Å². The van der Waals surface area contributed by atoms with Crippen LogP contribution in [0.4, 0.5) is 10.5 Å². The van der Waals surface area contributed by atoms with Gasteiger partial charge in [-0.05, 0) is 31.0 Å². The summed E-state index contributed by atoms with van der Waals surface area (Å²) in [7, 11) is 3.04. The summed E-state index contributed by atoms with van der Waals surface area (Å²) in [5, 5.41) is 7.89. The lowest BCUT2D eigenvalue weighted by molar-refractivity contribution is 0.187. The number of halogens is 2. The van der Waals surface area contributed by atoms with Crippen LogP contribution in [0.2, 0.25) is 10.0 Å². The number of methoxy groups -OCH3 is 2. The minimum absolute atomic E-state index is 0.0766. The van der Waals surface area contributed by atoms with Crippen molar-refractivity contribution in [2.45, 2.75) is 18.8 Å². The van der Waals surface area contributed by atoms with Crippen molar-refractivity contribution in [1.82, 2.24) is 15.0 Å². The third-order valence-electron chi connectivity index (χ3n) is 5.40. The summed E-state index contributed by atoms with van der Waals surface area (Å²) in [4.78, 5) is 19.1. The molecule has 0 atom stereocenters. The molecule has 3 aromatic rings. The van der Waals surface area contributed by atoms with Crippen molar-refractivity contribution >= 4 is 34.9 Å². The number of piperidine rings is 1. The van der Waals surface area contributed by atoms with Gasteiger partial charge in [-0.1, -0.05) is 40.5 Å². The fourth-order valence-electron chi connectivity index (χ4n) is 3.63. The summed E-state index contributed by atoms with van der Waals surface area (Å²) >= 11 is 12.4. The monoisotopic (exact) mass is 476 g/mol. The fraction of sp³-hybridized carbons (Fsp3) is 0.318. The zero-order chi connectivity index (χ0) is 22.7. The average Bonchev–Trinajstić information content (AvgIpc) is 3.30. The molecule has 1 N–H and O–H groups in total. The maximum absolute atomic E-state index is 12.8. The number of hydrogen-bond donors (Lipinski definition) is 1. The highest BCUT2D eigenvalue weighted by atomic mass is 35.5. The first-order chi connectivity index (χ1) is 15.5. The molecule has 0 aliphatic carbocycles. The van der Waals surface area contributed by atoms with Gasteiger partial charge < -0.3 is 24.2 Å². The van der Waals surface area contributed by atoms with Gasteiger partial charge in [-0.25, -0.2) is 4.79 Å². The number of carbonyl (C=O) groups is 1. The summed E-state index contributed by atoms with van der Waals surface area (Å²) in [6.45, 7) is 1.10. The second-order valence-corrected chi connectivity index (χ2v) is 8.13. The number of nitrogens with zero attached hydrogens (tertiary/aromatic N) is 3. The molecule has 10 heteroatoms. The number of rotatable bonds is 5. The fourth-order valence-corrected chi connectivity index (χ4v) is 4.10. The molecule has 0 radical (unpaired) electrons. The van der Waals surface area contributed by atoms with Crippen LogP contribution in [0.25, 0.3) is 11.4 Å². The molecule has 1 saturated heterocycles. The summed E-state index contributed by atoms with van der Waals surface area (Å²) in [5.41, 5.74) is 1.21. The van der Waals surface area contributed by atoms with Gasteiger partial charge in [0.15, 0.2) is 0 Å². The number of amides is 2. The summed E-state index contributed by atoms with van der Waals surface area (Å²) in [6, 6.07) is 10.4. The van der Waals surface area contributed by atoms with Crippen LogP contribution >= 0.6 is 23.2 Å². The maximum atomic E-state index is 12.8. The average molecular weight is 477 g/mol. The van der Waals surface area contributed by atoms with E-state index in [0.29, 0.717) is 64.9 Å². The Morgan fingerprint density at radius 3 is 2.50 bits per heavy atom. The Bertz CT molecular complexity index is 1110. The SMILES string of the molecule is COc1cc(OC)c(NC(=O)N2CCC(c3nc(-c4ccccc4Cl)no3)CC2)cc1Cl. The van der Waals surface area contributed by atoms with Gasteiger partial charge in [0, 0.05) is 30.6 Å². The smallest absolute Gasteiger partial charge is 0.321 e. The molecule has 1 aliphatic heterocycles. The molecule has 4 rings (SSSR count). The van der Waals surface area contributed by atoms with E-state index in [-0.39, 0.29) is 11.9 Å². The number of benzene rings is 2. The summed E-state index contributed by atoms with van der Waals surface area (Å²) in [6.07, 6.45) is 1.41. The number of nitrogens with one attached hydrogen (secondary N) is 1. The number of hydrogen-bond acceptors (Lipinski definition) is 6. The molecule has 0 unspecified atom stereocenters. The molecule has 0 spiro atoms. The lowest BCUT2D eigenvalue weighted by Gasteiger charge is -2.30. The van der Waals surface area contributed by atoms with Gasteiger partial charge >= 0.3 is 6.03 Å². The molecule has 1 aromatic heterocycles. The van der Waals surface area contributed by atoms with Crippen molar-refractivity contribution in [1.29, 1.82) is 0 Å². The summed E-state index contributed by atoms with van der Waals surface area (Å²) < 4.78 is 16.0. The zero-order valence-corrected chi connectivity index (χ0v) is 19.1. The van der Waals surface area contributed by atoms with E-state index in [0.717, 1.165) is 5.56 Å².